The molecule has 106 valence electrons. The molecule has 20 heavy (non-hydrogen) atoms. The van der Waals surface area contributed by atoms with Crippen molar-refractivity contribution in [2.24, 2.45) is 0 Å². The lowest BCUT2D eigenvalue weighted by Gasteiger charge is -2.03. The van der Waals surface area contributed by atoms with E-state index >= 15 is 0 Å². The van der Waals surface area contributed by atoms with Crippen LogP contribution >= 0.6 is 0 Å². The molecule has 0 aliphatic rings. The fraction of sp³-hybridized carbons (Fsp3) is 0.231. The molecule has 0 radical (unpaired) electrons. The van der Waals surface area contributed by atoms with Gasteiger partial charge in [-0.1, -0.05) is 17.3 Å². The number of nitrogens with zero attached hydrogens (tertiary/aromatic N) is 1. The molecule has 0 saturated heterocycles. The molecule has 1 heterocycles. The second-order valence-corrected chi connectivity index (χ2v) is 6.49. The Balaban J connectivity index is 2.01. The lowest BCUT2D eigenvalue weighted by molar-refractivity contribution is -0.115. The van der Waals surface area contributed by atoms with E-state index in [2.05, 4.69) is 10.5 Å². The standard InChI is InChI=1S/C13H14N2O4S/c1-9-7-13(19-15-9)14-12(16)8-10-3-5-11(6-4-10)20(2,17)18/h3-7H,8H2,1-2H3,(H,14,16). The third-order valence-corrected chi connectivity index (χ3v) is 3.74. The van der Waals surface area contributed by atoms with Crippen LogP contribution in [-0.4, -0.2) is 25.7 Å². The number of hydrogen-bond acceptors (Lipinski definition) is 5. The van der Waals surface area contributed by atoms with Crippen LogP contribution < -0.4 is 5.32 Å². The zero-order chi connectivity index (χ0) is 14.8. The van der Waals surface area contributed by atoms with Gasteiger partial charge < -0.3 is 4.52 Å². The molecule has 0 spiro atoms. The van der Waals surface area contributed by atoms with Gasteiger partial charge in [-0.25, -0.2) is 8.42 Å². The van der Waals surface area contributed by atoms with Crippen molar-refractivity contribution in [1.82, 2.24) is 5.16 Å². The van der Waals surface area contributed by atoms with Gasteiger partial charge in [-0.05, 0) is 24.6 Å². The average Bonchev–Trinajstić information content (AvgIpc) is 2.74. The van der Waals surface area contributed by atoms with Gasteiger partial charge in [0.25, 0.3) is 0 Å². The number of anilines is 1. The molecule has 0 saturated carbocycles. The molecule has 1 N–H and O–H groups in total. The molecule has 0 aliphatic carbocycles. The largest absolute Gasteiger partial charge is 0.338 e. The van der Waals surface area contributed by atoms with Gasteiger partial charge in [-0.3, -0.25) is 10.1 Å². The predicted molar refractivity (Wildman–Crippen MR) is 73.1 cm³/mol. The van der Waals surface area contributed by atoms with Gasteiger partial charge in [0, 0.05) is 12.3 Å². The minimum absolute atomic E-state index is 0.129. The second kappa shape index (κ2) is 5.46. The normalized spacial score (nSPS) is 11.3. The number of hydrogen-bond donors (Lipinski definition) is 1. The molecule has 2 rings (SSSR count). The number of rotatable bonds is 4. The average molecular weight is 294 g/mol. The number of carbonyl (C=O) groups is 1. The Morgan fingerprint density at radius 2 is 1.95 bits per heavy atom. The topological polar surface area (TPSA) is 89.3 Å². The summed E-state index contributed by atoms with van der Waals surface area (Å²) in [7, 11) is -3.22. The van der Waals surface area contributed by atoms with Crippen molar-refractivity contribution in [3.8, 4) is 0 Å². The first-order chi connectivity index (χ1) is 9.34. The molecule has 0 aliphatic heterocycles. The lowest BCUT2D eigenvalue weighted by atomic mass is 10.1. The van der Waals surface area contributed by atoms with Gasteiger partial charge in [-0.2, -0.15) is 0 Å². The first kappa shape index (κ1) is 14.3. The van der Waals surface area contributed by atoms with E-state index in [1.807, 2.05) is 0 Å². The second-order valence-electron chi connectivity index (χ2n) is 4.47. The maximum Gasteiger partial charge on any atom is 0.231 e. The van der Waals surface area contributed by atoms with Crippen molar-refractivity contribution in [2.75, 3.05) is 11.6 Å². The lowest BCUT2D eigenvalue weighted by Crippen LogP contribution is -2.13. The highest BCUT2D eigenvalue weighted by atomic mass is 32.2. The minimum Gasteiger partial charge on any atom is -0.338 e. The van der Waals surface area contributed by atoms with E-state index in [9.17, 15) is 13.2 Å². The smallest absolute Gasteiger partial charge is 0.231 e. The van der Waals surface area contributed by atoms with Gasteiger partial charge in [0.1, 0.15) is 0 Å². The molecule has 1 aromatic carbocycles. The Labute approximate surface area is 116 Å². The summed E-state index contributed by atoms with van der Waals surface area (Å²) in [5.41, 5.74) is 1.39. The van der Waals surface area contributed by atoms with Gasteiger partial charge in [0.15, 0.2) is 9.84 Å². The van der Waals surface area contributed by atoms with Crippen molar-refractivity contribution in [1.29, 1.82) is 0 Å². The van der Waals surface area contributed by atoms with Crippen molar-refractivity contribution < 1.29 is 17.7 Å². The van der Waals surface area contributed by atoms with E-state index in [4.69, 9.17) is 4.52 Å². The molecule has 0 bridgehead atoms. The molecule has 0 atom stereocenters. The molecule has 2 aromatic rings. The van der Waals surface area contributed by atoms with Crippen molar-refractivity contribution in [2.45, 2.75) is 18.2 Å². The van der Waals surface area contributed by atoms with E-state index in [0.29, 0.717) is 17.1 Å². The number of aromatic nitrogens is 1. The molecule has 0 unspecified atom stereocenters. The predicted octanol–water partition coefficient (Wildman–Crippen LogP) is 1.57. The summed E-state index contributed by atoms with van der Waals surface area (Å²) in [5.74, 6) is 0.0357. The minimum atomic E-state index is -3.22. The SMILES string of the molecule is Cc1cc(NC(=O)Cc2ccc(S(C)(=O)=O)cc2)on1. The third-order valence-electron chi connectivity index (χ3n) is 2.61. The van der Waals surface area contributed by atoms with Crippen LogP contribution in [0.15, 0.2) is 39.8 Å². The number of carbonyl (C=O) groups excluding carboxylic acids is 1. The molecule has 1 aromatic heterocycles. The zero-order valence-electron chi connectivity index (χ0n) is 11.1. The van der Waals surface area contributed by atoms with E-state index in [1.165, 1.54) is 12.1 Å². The highest BCUT2D eigenvalue weighted by Gasteiger charge is 2.10. The summed E-state index contributed by atoms with van der Waals surface area (Å²) in [4.78, 5) is 12.0. The fourth-order valence-electron chi connectivity index (χ4n) is 1.64. The van der Waals surface area contributed by atoms with E-state index in [0.717, 1.165) is 6.26 Å². The Morgan fingerprint density at radius 1 is 1.30 bits per heavy atom. The zero-order valence-corrected chi connectivity index (χ0v) is 11.9. The molecular weight excluding hydrogens is 280 g/mol. The van der Waals surface area contributed by atoms with Crippen molar-refractivity contribution in [3.63, 3.8) is 0 Å². The first-order valence-electron chi connectivity index (χ1n) is 5.87. The molecule has 1 amide bonds. The van der Waals surface area contributed by atoms with E-state index < -0.39 is 9.84 Å². The van der Waals surface area contributed by atoms with E-state index in [1.54, 1.807) is 25.1 Å². The summed E-state index contributed by atoms with van der Waals surface area (Å²) in [6.07, 6.45) is 1.27. The summed E-state index contributed by atoms with van der Waals surface area (Å²) in [5, 5.41) is 6.23. The van der Waals surface area contributed by atoms with Crippen LogP contribution in [0.1, 0.15) is 11.3 Å². The van der Waals surface area contributed by atoms with Crippen molar-refractivity contribution >= 4 is 21.6 Å². The van der Waals surface area contributed by atoms with E-state index in [-0.39, 0.29) is 17.2 Å². The summed E-state index contributed by atoms with van der Waals surface area (Å²) in [6, 6.07) is 7.81. The van der Waals surface area contributed by atoms with Gasteiger partial charge in [0.05, 0.1) is 17.0 Å². The van der Waals surface area contributed by atoms with Crippen LogP contribution in [0.5, 0.6) is 0 Å². The van der Waals surface area contributed by atoms with Gasteiger partial charge in [0.2, 0.25) is 11.8 Å². The molecule has 0 fully saturated rings. The number of nitrogens with one attached hydrogen (secondary N) is 1. The Morgan fingerprint density at radius 3 is 2.45 bits per heavy atom. The van der Waals surface area contributed by atoms with Crippen molar-refractivity contribution in [3.05, 3.63) is 41.6 Å². The van der Waals surface area contributed by atoms with Gasteiger partial charge >= 0.3 is 0 Å². The fourth-order valence-corrected chi connectivity index (χ4v) is 2.27. The number of benzene rings is 1. The monoisotopic (exact) mass is 294 g/mol. The number of amides is 1. The molecule has 6 nitrogen and oxygen atoms in total. The quantitative estimate of drug-likeness (QED) is 0.924. The van der Waals surface area contributed by atoms with Gasteiger partial charge in [-0.15, -0.1) is 0 Å². The molecule has 7 heteroatoms. The number of sulfone groups is 1. The Bertz CT molecular complexity index is 717. The Hall–Kier alpha value is -2.15. The van der Waals surface area contributed by atoms with Crippen LogP contribution in [0.2, 0.25) is 0 Å². The highest BCUT2D eigenvalue weighted by molar-refractivity contribution is 7.90. The first-order valence-corrected chi connectivity index (χ1v) is 7.76. The maximum absolute atomic E-state index is 11.8. The van der Waals surface area contributed by atoms with Crippen LogP contribution in [0.4, 0.5) is 5.88 Å². The number of aryl methyl sites for hydroxylation is 1. The summed E-state index contributed by atoms with van der Waals surface area (Å²) < 4.78 is 27.5. The Kier molecular flexibility index (Phi) is 3.89. The summed E-state index contributed by atoms with van der Waals surface area (Å²) >= 11 is 0. The van der Waals surface area contributed by atoms with Crippen LogP contribution in [0.25, 0.3) is 0 Å². The van der Waals surface area contributed by atoms with Crippen LogP contribution in [-0.2, 0) is 21.1 Å². The maximum atomic E-state index is 11.8. The third kappa shape index (κ3) is 3.67. The van der Waals surface area contributed by atoms with Crippen LogP contribution in [0, 0.1) is 6.92 Å². The highest BCUT2D eigenvalue weighted by Crippen LogP contribution is 2.12. The summed E-state index contributed by atoms with van der Waals surface area (Å²) in [6.45, 7) is 1.75. The molecular formula is C13H14N2O4S. The van der Waals surface area contributed by atoms with Crippen LogP contribution in [0.3, 0.4) is 0 Å².